The zero-order chi connectivity index (χ0) is 37.2. The number of benzene rings is 2. The van der Waals surface area contributed by atoms with Crippen molar-refractivity contribution in [2.24, 2.45) is 17.3 Å². The van der Waals surface area contributed by atoms with E-state index >= 15 is 0 Å². The molecule has 3 N–H and O–H groups in total. The summed E-state index contributed by atoms with van der Waals surface area (Å²) >= 11 is 0. The number of alkyl halides is 3. The molecule has 3 heterocycles. The van der Waals surface area contributed by atoms with Gasteiger partial charge < -0.3 is 25.3 Å². The Morgan fingerprint density at radius 3 is 2.48 bits per heavy atom. The molecule has 3 saturated carbocycles. The van der Waals surface area contributed by atoms with E-state index in [4.69, 9.17) is 9.31 Å². The number of halogens is 3. The van der Waals surface area contributed by atoms with Gasteiger partial charge >= 0.3 is 13.3 Å². The van der Waals surface area contributed by atoms with Crippen molar-refractivity contribution in [3.05, 3.63) is 93.7 Å². The number of carbonyl (C=O) groups is 2. The number of carbonyl (C=O) groups excluding carboxylic acids is 2. The second-order valence-electron chi connectivity index (χ2n) is 15.9. The quantitative estimate of drug-likeness (QED) is 0.235. The van der Waals surface area contributed by atoms with Crippen LogP contribution < -0.4 is 21.5 Å². The highest BCUT2D eigenvalue weighted by molar-refractivity contribution is 6.47. The van der Waals surface area contributed by atoms with Gasteiger partial charge in [0.25, 0.3) is 5.56 Å². The van der Waals surface area contributed by atoms with Gasteiger partial charge in [-0.3, -0.25) is 19.0 Å². The Labute approximate surface area is 301 Å². The standard InChI is InChI=1S/C38H45BF3N5O5/c1-6-29(39-51-31-26-17-25(35(26,2)3)18-37(31,5)52-39)45-32(49)28-19-36(4,46-30(48)16-22-11-8-7-9-12-22)34-44-21-27(33(50)47(28)34)43-20-23-13-10-14-24(15-23)38(40,41)42/h7-15,21,25-26,28-29,31,43H,6,16-20H2,1-5H3,(H,45,49)(H,46,48)/t25?,26?,28?,29-,31?,36+,37-/m0/s1. The minimum atomic E-state index is -4.52. The van der Waals surface area contributed by atoms with Crippen LogP contribution in [0.5, 0.6) is 0 Å². The van der Waals surface area contributed by atoms with Crippen molar-refractivity contribution in [1.82, 2.24) is 20.2 Å². The van der Waals surface area contributed by atoms with Crippen molar-refractivity contribution >= 4 is 24.6 Å². The van der Waals surface area contributed by atoms with Gasteiger partial charge in [0.1, 0.15) is 17.6 Å². The second-order valence-corrected chi connectivity index (χ2v) is 15.9. The highest BCUT2D eigenvalue weighted by Crippen LogP contribution is 2.64. The van der Waals surface area contributed by atoms with Crippen LogP contribution in [0.2, 0.25) is 0 Å². The Bertz CT molecular complexity index is 1920. The summed E-state index contributed by atoms with van der Waals surface area (Å²) in [5, 5.41) is 9.06. The average molecular weight is 720 g/mol. The fraction of sp³-hybridized carbons (Fsp3) is 0.526. The number of anilines is 1. The summed E-state index contributed by atoms with van der Waals surface area (Å²) in [5.41, 5.74) is -1.75. The monoisotopic (exact) mass is 719 g/mol. The van der Waals surface area contributed by atoms with Gasteiger partial charge in [-0.05, 0) is 73.6 Å². The lowest BCUT2D eigenvalue weighted by Crippen LogP contribution is -2.63. The fourth-order valence-corrected chi connectivity index (χ4v) is 8.92. The zero-order valence-electron chi connectivity index (χ0n) is 30.0. The van der Waals surface area contributed by atoms with Crippen LogP contribution in [0.3, 0.4) is 0 Å². The molecule has 3 aromatic rings. The van der Waals surface area contributed by atoms with Crippen molar-refractivity contribution in [2.75, 3.05) is 5.32 Å². The Hall–Kier alpha value is -4.17. The van der Waals surface area contributed by atoms with Gasteiger partial charge in [-0.1, -0.05) is 63.2 Å². The third kappa shape index (κ3) is 6.42. The molecule has 10 nitrogen and oxygen atoms in total. The molecule has 0 radical (unpaired) electrons. The molecule has 3 aliphatic carbocycles. The number of nitrogens with zero attached hydrogens (tertiary/aromatic N) is 2. The maximum absolute atomic E-state index is 14.3. The molecule has 2 aromatic carbocycles. The highest BCUT2D eigenvalue weighted by atomic mass is 19.4. The minimum Gasteiger partial charge on any atom is -0.404 e. The number of hydrogen-bond donors (Lipinski definition) is 3. The summed E-state index contributed by atoms with van der Waals surface area (Å²) < 4.78 is 54.5. The van der Waals surface area contributed by atoms with E-state index in [1.807, 2.05) is 37.3 Å². The maximum atomic E-state index is 14.3. The van der Waals surface area contributed by atoms with Gasteiger partial charge in [0.05, 0.1) is 41.4 Å². The van der Waals surface area contributed by atoms with Gasteiger partial charge in [0, 0.05) is 13.0 Å². The van der Waals surface area contributed by atoms with E-state index in [2.05, 4.69) is 41.7 Å². The number of aromatic nitrogens is 2. The van der Waals surface area contributed by atoms with Gasteiger partial charge in [-0.15, -0.1) is 0 Å². The Kier molecular flexibility index (Phi) is 9.09. The van der Waals surface area contributed by atoms with Crippen LogP contribution in [0, 0.1) is 17.3 Å². The van der Waals surface area contributed by atoms with E-state index in [0.717, 1.165) is 30.5 Å². The predicted octanol–water partition coefficient (Wildman–Crippen LogP) is 5.56. The summed E-state index contributed by atoms with van der Waals surface area (Å²) in [6.45, 7) is 10.2. The average Bonchev–Trinajstić information content (AvgIpc) is 3.61. The molecule has 8 rings (SSSR count). The number of rotatable bonds is 10. The van der Waals surface area contributed by atoms with Crippen LogP contribution in [-0.2, 0) is 43.6 Å². The van der Waals surface area contributed by atoms with Crippen molar-refractivity contribution in [3.63, 3.8) is 0 Å². The molecule has 7 atom stereocenters. The van der Waals surface area contributed by atoms with Crippen molar-refractivity contribution in [3.8, 4) is 0 Å². The smallest absolute Gasteiger partial charge is 0.404 e. The molecule has 14 heteroatoms. The highest BCUT2D eigenvalue weighted by Gasteiger charge is 2.67. The molecular formula is C38H45BF3N5O5. The first kappa shape index (κ1) is 36.2. The van der Waals surface area contributed by atoms with Crippen molar-refractivity contribution in [2.45, 2.75) is 109 Å². The van der Waals surface area contributed by atoms with Crippen LogP contribution in [0.1, 0.15) is 88.9 Å². The molecule has 5 aliphatic rings. The topological polar surface area (TPSA) is 124 Å². The Morgan fingerprint density at radius 2 is 1.79 bits per heavy atom. The van der Waals surface area contributed by atoms with Crippen LogP contribution in [0.4, 0.5) is 18.9 Å². The van der Waals surface area contributed by atoms with Gasteiger partial charge in [0.2, 0.25) is 11.8 Å². The Morgan fingerprint density at radius 1 is 1.06 bits per heavy atom. The zero-order valence-corrected chi connectivity index (χ0v) is 30.0. The summed E-state index contributed by atoms with van der Waals surface area (Å²) in [4.78, 5) is 46.4. The SMILES string of the molecule is CC[C@H](NC(=O)C1C[C@@](C)(NC(=O)Cc2ccccc2)c2ncc(NCc3cccc(C(F)(F)F)c3)c(=O)n21)B1OC2C3CC(C[C@]2(C)O1)C3(C)C. The van der Waals surface area contributed by atoms with E-state index in [1.54, 1.807) is 6.92 Å². The lowest BCUT2D eigenvalue weighted by atomic mass is 9.45. The minimum absolute atomic E-state index is 0.00641. The molecule has 1 aromatic heterocycles. The normalized spacial score (nSPS) is 29.0. The number of fused-ring (bicyclic) bond motifs is 1. The molecule has 2 amide bonds. The molecule has 2 aliphatic heterocycles. The van der Waals surface area contributed by atoms with Gasteiger partial charge in [0.15, 0.2) is 0 Å². The van der Waals surface area contributed by atoms with Gasteiger partial charge in [-0.2, -0.15) is 13.2 Å². The third-order valence-corrected chi connectivity index (χ3v) is 12.0. The van der Waals surface area contributed by atoms with Gasteiger partial charge in [-0.25, -0.2) is 4.98 Å². The summed E-state index contributed by atoms with van der Waals surface area (Å²) in [5.74, 6) is -0.155. The maximum Gasteiger partial charge on any atom is 0.481 e. The summed E-state index contributed by atoms with van der Waals surface area (Å²) in [7, 11) is -0.674. The Balaban J connectivity index is 1.14. The first-order valence-electron chi connectivity index (χ1n) is 18.0. The number of nitrogens with one attached hydrogen (secondary N) is 3. The van der Waals surface area contributed by atoms with Crippen LogP contribution >= 0.6 is 0 Å². The second kappa shape index (κ2) is 13.0. The van der Waals surface area contributed by atoms with Crippen molar-refractivity contribution in [1.29, 1.82) is 0 Å². The van der Waals surface area contributed by atoms with Crippen molar-refractivity contribution < 1.29 is 32.1 Å². The lowest BCUT2D eigenvalue weighted by Gasteiger charge is -2.63. The molecule has 1 saturated heterocycles. The lowest BCUT2D eigenvalue weighted by molar-refractivity contribution is -0.185. The summed E-state index contributed by atoms with van der Waals surface area (Å²) in [6, 6.07) is 13.0. The van der Waals surface area contributed by atoms with Crippen LogP contribution in [0.15, 0.2) is 65.6 Å². The first-order valence-corrected chi connectivity index (χ1v) is 18.0. The fourth-order valence-electron chi connectivity index (χ4n) is 8.92. The molecule has 4 unspecified atom stereocenters. The molecule has 2 bridgehead atoms. The molecular weight excluding hydrogens is 674 g/mol. The molecule has 276 valence electrons. The predicted molar refractivity (Wildman–Crippen MR) is 189 cm³/mol. The van der Waals surface area contributed by atoms with Crippen LogP contribution in [0.25, 0.3) is 0 Å². The van der Waals surface area contributed by atoms with Crippen LogP contribution in [-0.4, -0.2) is 46.1 Å². The molecule has 52 heavy (non-hydrogen) atoms. The van der Waals surface area contributed by atoms with E-state index in [-0.39, 0.29) is 48.3 Å². The largest absolute Gasteiger partial charge is 0.481 e. The first-order chi connectivity index (χ1) is 24.5. The molecule has 0 spiro atoms. The molecule has 4 fully saturated rings. The van der Waals surface area contributed by atoms with E-state index in [9.17, 15) is 27.6 Å². The van der Waals surface area contributed by atoms with E-state index < -0.39 is 53.4 Å². The third-order valence-electron chi connectivity index (χ3n) is 12.0. The van der Waals surface area contributed by atoms with E-state index in [0.29, 0.717) is 23.8 Å². The number of amides is 2. The number of hydrogen-bond acceptors (Lipinski definition) is 7. The summed E-state index contributed by atoms with van der Waals surface area (Å²) in [6.07, 6.45) is -0.688. The van der Waals surface area contributed by atoms with E-state index in [1.165, 1.54) is 22.9 Å².